The number of primary amides is 1. The highest BCUT2D eigenvalue weighted by Gasteiger charge is 2.51. The Bertz CT molecular complexity index is 1340. The van der Waals surface area contributed by atoms with Gasteiger partial charge < -0.3 is 15.2 Å². The molecule has 7 nitrogen and oxygen atoms in total. The summed E-state index contributed by atoms with van der Waals surface area (Å²) in [5.74, 6) is 0.165. The lowest BCUT2D eigenvalue weighted by Crippen LogP contribution is -2.48. The number of rotatable bonds is 5. The summed E-state index contributed by atoms with van der Waals surface area (Å²) in [6.45, 7) is 15.8. The van der Waals surface area contributed by atoms with Gasteiger partial charge in [0.05, 0.1) is 5.25 Å². The smallest absolute Gasteiger partial charge is 0.308 e. The summed E-state index contributed by atoms with van der Waals surface area (Å²) < 4.78 is 11.1. The maximum Gasteiger partial charge on any atom is 0.308 e. The lowest BCUT2D eigenvalue weighted by molar-refractivity contribution is -0.134. The molecule has 4 rings (SSSR count). The zero-order valence-corrected chi connectivity index (χ0v) is 27.9. The molecule has 0 saturated heterocycles. The van der Waals surface area contributed by atoms with E-state index in [0.717, 1.165) is 56.1 Å². The van der Waals surface area contributed by atoms with Crippen molar-refractivity contribution in [3.8, 4) is 11.5 Å². The summed E-state index contributed by atoms with van der Waals surface area (Å²) in [5.41, 5.74) is 8.40. The minimum absolute atomic E-state index is 0.0886. The molecule has 1 amide bonds. The van der Waals surface area contributed by atoms with Crippen LogP contribution in [0.5, 0.6) is 11.5 Å². The first-order chi connectivity index (χ1) is 20.0. The second-order valence-electron chi connectivity index (χ2n) is 14.1. The normalized spacial score (nSPS) is 34.0. The Morgan fingerprint density at radius 1 is 0.930 bits per heavy atom. The number of hydrogen-bond acceptors (Lipinski definition) is 7. The summed E-state index contributed by atoms with van der Waals surface area (Å²) in [4.78, 5) is 49.5. The second-order valence-corrected chi connectivity index (χ2v) is 15.3. The third kappa shape index (κ3) is 6.59. The Labute approximate surface area is 261 Å². The molecule has 3 aliphatic rings. The van der Waals surface area contributed by atoms with E-state index in [1.54, 1.807) is 6.07 Å². The van der Waals surface area contributed by atoms with Crippen LogP contribution in [-0.2, 0) is 24.6 Å². The molecule has 7 atom stereocenters. The van der Waals surface area contributed by atoms with E-state index in [4.69, 9.17) is 15.2 Å². The van der Waals surface area contributed by atoms with Gasteiger partial charge in [0.25, 0.3) is 0 Å². The molecule has 8 heteroatoms. The highest BCUT2D eigenvalue weighted by Crippen LogP contribution is 2.59. The van der Waals surface area contributed by atoms with E-state index < -0.39 is 22.8 Å². The van der Waals surface area contributed by atoms with Crippen molar-refractivity contribution in [3.05, 3.63) is 34.9 Å². The van der Waals surface area contributed by atoms with Gasteiger partial charge in [-0.1, -0.05) is 65.0 Å². The molecule has 0 aromatic heterocycles. The van der Waals surface area contributed by atoms with Crippen molar-refractivity contribution in [3.63, 3.8) is 0 Å². The van der Waals surface area contributed by atoms with Crippen molar-refractivity contribution in [2.75, 3.05) is 0 Å². The Balaban J connectivity index is 1.86. The number of carbonyl (C=O) groups is 4. The van der Waals surface area contributed by atoms with E-state index in [1.165, 1.54) is 31.2 Å². The summed E-state index contributed by atoms with van der Waals surface area (Å²) >= 11 is 1.30. The molecule has 3 aliphatic carbocycles. The molecule has 1 aromatic carbocycles. The van der Waals surface area contributed by atoms with Gasteiger partial charge >= 0.3 is 11.9 Å². The van der Waals surface area contributed by atoms with E-state index in [2.05, 4.69) is 33.8 Å². The van der Waals surface area contributed by atoms with Gasteiger partial charge in [0.15, 0.2) is 16.6 Å². The van der Waals surface area contributed by atoms with E-state index >= 15 is 0 Å². The van der Waals surface area contributed by atoms with Crippen LogP contribution in [0.1, 0.15) is 123 Å². The van der Waals surface area contributed by atoms with Gasteiger partial charge in [0.1, 0.15) is 0 Å². The van der Waals surface area contributed by atoms with E-state index in [0.29, 0.717) is 18.3 Å². The van der Waals surface area contributed by atoms with Gasteiger partial charge in [-0.05, 0) is 91.4 Å². The quantitative estimate of drug-likeness (QED) is 0.207. The third-order valence-electron chi connectivity index (χ3n) is 10.9. The van der Waals surface area contributed by atoms with Crippen LogP contribution in [0.2, 0.25) is 0 Å². The zero-order chi connectivity index (χ0) is 31.9. The number of ether oxygens (including phenoxy) is 2. The average Bonchev–Trinajstić information content (AvgIpc) is 2.93. The monoisotopic (exact) mass is 611 g/mol. The summed E-state index contributed by atoms with van der Waals surface area (Å²) in [6, 6.07) is 3.65. The van der Waals surface area contributed by atoms with Gasteiger partial charge in [-0.15, -0.1) is 0 Å². The molecule has 0 spiro atoms. The van der Waals surface area contributed by atoms with Gasteiger partial charge in [0.2, 0.25) is 5.91 Å². The number of carbonyl (C=O) groups excluding carboxylic acids is 4. The van der Waals surface area contributed by atoms with Crippen molar-refractivity contribution in [1.29, 1.82) is 0 Å². The molecule has 0 heterocycles. The van der Waals surface area contributed by atoms with Crippen molar-refractivity contribution < 1.29 is 28.7 Å². The maximum atomic E-state index is 12.8. The van der Waals surface area contributed by atoms with Crippen LogP contribution in [-0.4, -0.2) is 23.0 Å². The highest BCUT2D eigenvalue weighted by molar-refractivity contribution is 8.13. The highest BCUT2D eigenvalue weighted by atomic mass is 32.2. The fourth-order valence-corrected chi connectivity index (χ4v) is 9.07. The van der Waals surface area contributed by atoms with Crippen molar-refractivity contribution in [2.24, 2.45) is 34.3 Å². The molecular formula is C35H49NO6S. The van der Waals surface area contributed by atoms with Crippen LogP contribution in [0.15, 0.2) is 23.8 Å². The van der Waals surface area contributed by atoms with Crippen LogP contribution < -0.4 is 15.2 Å². The molecule has 1 unspecified atom stereocenters. The largest absolute Gasteiger partial charge is 0.423 e. The molecule has 0 radical (unpaired) electrons. The maximum absolute atomic E-state index is 12.8. The van der Waals surface area contributed by atoms with Gasteiger partial charge in [-0.2, -0.15) is 0 Å². The van der Waals surface area contributed by atoms with Crippen LogP contribution >= 0.6 is 11.8 Å². The first-order valence-electron chi connectivity index (χ1n) is 15.8. The van der Waals surface area contributed by atoms with Gasteiger partial charge in [-0.25, -0.2) is 0 Å². The predicted molar refractivity (Wildman–Crippen MR) is 170 cm³/mol. The van der Waals surface area contributed by atoms with E-state index in [-0.39, 0.29) is 39.1 Å². The molecule has 2 N–H and O–H groups in total. The number of nitrogens with two attached hydrogens (primary N) is 1. The predicted octanol–water partition coefficient (Wildman–Crippen LogP) is 7.59. The minimum Gasteiger partial charge on any atom is -0.423 e. The Hall–Kier alpha value is -2.61. The molecule has 0 bridgehead atoms. The number of hydrogen-bond donors (Lipinski definition) is 1. The molecule has 0 aliphatic heterocycles. The lowest BCUT2D eigenvalue weighted by Gasteiger charge is -2.52. The number of thioether (sulfide) groups is 1. The number of allylic oxidation sites excluding steroid dienone is 1. The summed E-state index contributed by atoms with van der Waals surface area (Å²) in [5, 5.41) is -0.158. The van der Waals surface area contributed by atoms with Gasteiger partial charge in [0, 0.05) is 31.1 Å². The third-order valence-corrected chi connectivity index (χ3v) is 12.1. The number of amides is 1. The Kier molecular flexibility index (Phi) is 9.61. The molecular weight excluding hydrogens is 562 g/mol. The molecule has 43 heavy (non-hydrogen) atoms. The summed E-state index contributed by atoms with van der Waals surface area (Å²) in [6.07, 6.45) is 9.15. The number of fused-ring (bicyclic) bond motifs is 4. The van der Waals surface area contributed by atoms with Crippen molar-refractivity contribution in [1.82, 2.24) is 0 Å². The molecule has 2 saturated carbocycles. The molecule has 1 aromatic rings. The van der Waals surface area contributed by atoms with E-state index in [9.17, 15) is 19.2 Å². The summed E-state index contributed by atoms with van der Waals surface area (Å²) in [7, 11) is 0. The van der Waals surface area contributed by atoms with Crippen LogP contribution in [0.25, 0.3) is 0 Å². The standard InChI is InChI=1S/C35H49NO6S/c1-9-31(39)43-30-18-25-20(2)10-12-33(6)14-15-34(7,32(36)40)19-27(33)21(3)11-13-35(25,8)26-17-29(42-23(5)38)28(16-24(26)30)41-22(4)37/h16-18,20-21,27,30H,9-15,19H2,1-8H3,(H2,36,40)/t20-,21+,27-,30?,33-,34+,35+/m0/s1. The average molecular weight is 612 g/mol. The SMILES string of the molecule is CCC(=O)SC1C=C2[C@@H](C)CC[C@@]3(C)CC[C@@](C)(C(N)=O)C[C@H]3[C@H](C)CC[C@@]2(C)c2cc(OC(C)=O)c(OC(C)=O)cc21. The van der Waals surface area contributed by atoms with Crippen molar-refractivity contribution in [2.45, 2.75) is 117 Å². The second kappa shape index (κ2) is 12.4. The molecule has 2 fully saturated rings. The minimum atomic E-state index is -0.514. The topological polar surface area (TPSA) is 113 Å². The van der Waals surface area contributed by atoms with Crippen LogP contribution in [0.3, 0.4) is 0 Å². The Morgan fingerprint density at radius 2 is 1.56 bits per heavy atom. The van der Waals surface area contributed by atoms with Crippen molar-refractivity contribution >= 4 is 34.7 Å². The Morgan fingerprint density at radius 3 is 2.14 bits per heavy atom. The lowest BCUT2D eigenvalue weighted by atomic mass is 9.52. The first-order valence-corrected chi connectivity index (χ1v) is 16.7. The zero-order valence-electron chi connectivity index (χ0n) is 27.1. The fourth-order valence-electron chi connectivity index (χ4n) is 8.08. The molecule has 236 valence electrons. The van der Waals surface area contributed by atoms with E-state index in [1.807, 2.05) is 19.9 Å². The number of benzene rings is 1. The van der Waals surface area contributed by atoms with Gasteiger partial charge in [-0.3, -0.25) is 19.2 Å². The number of esters is 2. The van der Waals surface area contributed by atoms with Crippen LogP contribution in [0, 0.1) is 28.6 Å². The first kappa shape index (κ1) is 33.3. The fraction of sp³-hybridized carbons (Fsp3) is 0.657. The van der Waals surface area contributed by atoms with Crippen LogP contribution in [0.4, 0.5) is 0 Å².